The monoisotopic (exact) mass is 402 g/mol. The molecule has 1 amide bonds. The SMILES string of the molecule is CC1(C)CCCNC1CNC(=O)c1cc(Br)cc(Br)c1. The van der Waals surface area contributed by atoms with Gasteiger partial charge in [-0.05, 0) is 43.0 Å². The molecule has 0 spiro atoms. The quantitative estimate of drug-likeness (QED) is 0.807. The third-order valence-electron chi connectivity index (χ3n) is 3.92. The number of carbonyl (C=O) groups excluding carboxylic acids is 1. The van der Waals surface area contributed by atoms with Gasteiger partial charge in [-0.25, -0.2) is 0 Å². The number of hydrogen-bond acceptors (Lipinski definition) is 2. The van der Waals surface area contributed by atoms with Crippen molar-refractivity contribution in [2.45, 2.75) is 32.7 Å². The predicted octanol–water partition coefficient (Wildman–Crippen LogP) is 3.72. The van der Waals surface area contributed by atoms with Gasteiger partial charge in [-0.2, -0.15) is 0 Å². The lowest BCUT2D eigenvalue weighted by Gasteiger charge is -2.39. The highest BCUT2D eigenvalue weighted by Crippen LogP contribution is 2.29. The molecular weight excluding hydrogens is 384 g/mol. The molecule has 1 unspecified atom stereocenters. The highest BCUT2D eigenvalue weighted by molar-refractivity contribution is 9.11. The Bertz CT molecular complexity index is 482. The van der Waals surface area contributed by atoms with Crippen LogP contribution in [-0.2, 0) is 0 Å². The fraction of sp³-hybridized carbons (Fsp3) is 0.533. The summed E-state index contributed by atoms with van der Waals surface area (Å²) in [6.07, 6.45) is 2.40. The first-order chi connectivity index (χ1) is 9.38. The van der Waals surface area contributed by atoms with Crippen molar-refractivity contribution >= 4 is 37.8 Å². The minimum absolute atomic E-state index is 0.0322. The number of carbonyl (C=O) groups is 1. The van der Waals surface area contributed by atoms with Gasteiger partial charge in [-0.15, -0.1) is 0 Å². The molecule has 1 saturated heterocycles. The normalized spacial score (nSPS) is 21.5. The summed E-state index contributed by atoms with van der Waals surface area (Å²) in [5.74, 6) is -0.0322. The molecule has 0 radical (unpaired) electrons. The van der Waals surface area contributed by atoms with Gasteiger partial charge < -0.3 is 10.6 Å². The average molecular weight is 404 g/mol. The van der Waals surface area contributed by atoms with E-state index < -0.39 is 0 Å². The highest BCUT2D eigenvalue weighted by Gasteiger charge is 2.31. The van der Waals surface area contributed by atoms with Crippen LogP contribution < -0.4 is 10.6 Å². The van der Waals surface area contributed by atoms with E-state index in [0.29, 0.717) is 18.2 Å². The van der Waals surface area contributed by atoms with Crippen molar-refractivity contribution in [3.05, 3.63) is 32.7 Å². The third-order valence-corrected chi connectivity index (χ3v) is 4.84. The minimum atomic E-state index is -0.0322. The van der Waals surface area contributed by atoms with E-state index in [1.807, 2.05) is 18.2 Å². The molecule has 1 aromatic rings. The maximum atomic E-state index is 12.2. The summed E-state index contributed by atoms with van der Waals surface area (Å²) in [5, 5.41) is 6.54. The van der Waals surface area contributed by atoms with Gasteiger partial charge in [0.25, 0.3) is 5.91 Å². The number of benzene rings is 1. The molecule has 20 heavy (non-hydrogen) atoms. The standard InChI is InChI=1S/C15H20Br2N2O/c1-15(2)4-3-5-18-13(15)9-19-14(20)10-6-11(16)8-12(17)7-10/h6-8,13,18H,3-5,9H2,1-2H3,(H,19,20). The van der Waals surface area contributed by atoms with Crippen LogP contribution in [0.25, 0.3) is 0 Å². The summed E-state index contributed by atoms with van der Waals surface area (Å²) in [6.45, 7) is 6.21. The van der Waals surface area contributed by atoms with E-state index >= 15 is 0 Å². The molecule has 1 aliphatic rings. The first kappa shape index (κ1) is 16.0. The van der Waals surface area contributed by atoms with Gasteiger partial charge in [0.05, 0.1) is 0 Å². The van der Waals surface area contributed by atoms with Gasteiger partial charge in [0.1, 0.15) is 0 Å². The number of rotatable bonds is 3. The summed E-state index contributed by atoms with van der Waals surface area (Å²) >= 11 is 6.81. The molecule has 0 bridgehead atoms. The van der Waals surface area contributed by atoms with Crippen LogP contribution in [0.5, 0.6) is 0 Å². The molecule has 0 aromatic heterocycles. The Morgan fingerprint density at radius 1 is 1.35 bits per heavy atom. The molecule has 1 aromatic carbocycles. The van der Waals surface area contributed by atoms with Crippen LogP contribution in [-0.4, -0.2) is 25.0 Å². The third kappa shape index (κ3) is 4.06. The van der Waals surface area contributed by atoms with Crippen molar-refractivity contribution in [1.29, 1.82) is 0 Å². The summed E-state index contributed by atoms with van der Waals surface area (Å²) in [7, 11) is 0. The molecule has 1 fully saturated rings. The van der Waals surface area contributed by atoms with E-state index in [-0.39, 0.29) is 11.3 Å². The van der Waals surface area contributed by atoms with E-state index in [9.17, 15) is 4.79 Å². The Kier molecular flexibility index (Phi) is 5.26. The maximum Gasteiger partial charge on any atom is 0.251 e. The molecule has 5 heteroatoms. The fourth-order valence-electron chi connectivity index (χ4n) is 2.60. The maximum absolute atomic E-state index is 12.2. The van der Waals surface area contributed by atoms with E-state index in [1.54, 1.807) is 0 Å². The van der Waals surface area contributed by atoms with E-state index in [4.69, 9.17) is 0 Å². The Hall–Kier alpha value is -0.390. The van der Waals surface area contributed by atoms with Crippen LogP contribution in [0.2, 0.25) is 0 Å². The summed E-state index contributed by atoms with van der Waals surface area (Å²) < 4.78 is 1.79. The number of amides is 1. The van der Waals surface area contributed by atoms with Crippen LogP contribution >= 0.6 is 31.9 Å². The van der Waals surface area contributed by atoms with Crippen LogP contribution in [0.1, 0.15) is 37.0 Å². The van der Waals surface area contributed by atoms with Gasteiger partial charge in [0.15, 0.2) is 0 Å². The predicted molar refractivity (Wildman–Crippen MR) is 89.0 cm³/mol. The van der Waals surface area contributed by atoms with Gasteiger partial charge in [-0.1, -0.05) is 45.7 Å². The van der Waals surface area contributed by atoms with Crippen LogP contribution in [0, 0.1) is 5.41 Å². The van der Waals surface area contributed by atoms with E-state index in [2.05, 4.69) is 56.3 Å². The van der Waals surface area contributed by atoms with Crippen LogP contribution in [0.3, 0.4) is 0 Å². The van der Waals surface area contributed by atoms with Gasteiger partial charge >= 0.3 is 0 Å². The lowest BCUT2D eigenvalue weighted by Crippen LogP contribution is -2.52. The lowest BCUT2D eigenvalue weighted by atomic mass is 9.77. The second-order valence-corrected chi connectivity index (χ2v) is 7.80. The minimum Gasteiger partial charge on any atom is -0.350 e. The largest absolute Gasteiger partial charge is 0.350 e. The topological polar surface area (TPSA) is 41.1 Å². The molecule has 2 rings (SSSR count). The van der Waals surface area contributed by atoms with Crippen molar-refractivity contribution in [1.82, 2.24) is 10.6 Å². The second-order valence-electron chi connectivity index (χ2n) is 5.97. The average Bonchev–Trinajstić information content (AvgIpc) is 2.35. The zero-order chi connectivity index (χ0) is 14.8. The van der Waals surface area contributed by atoms with Crippen LogP contribution in [0.4, 0.5) is 0 Å². The van der Waals surface area contributed by atoms with E-state index in [0.717, 1.165) is 15.5 Å². The Morgan fingerprint density at radius 3 is 2.60 bits per heavy atom. The zero-order valence-corrected chi connectivity index (χ0v) is 15.0. The van der Waals surface area contributed by atoms with Gasteiger partial charge in [-0.3, -0.25) is 4.79 Å². The number of nitrogens with one attached hydrogen (secondary N) is 2. The summed E-state index contributed by atoms with van der Waals surface area (Å²) in [6, 6.07) is 5.91. The lowest BCUT2D eigenvalue weighted by molar-refractivity contribution is 0.0928. The van der Waals surface area contributed by atoms with Crippen molar-refractivity contribution in [3.63, 3.8) is 0 Å². The van der Waals surface area contributed by atoms with E-state index in [1.165, 1.54) is 12.8 Å². The van der Waals surface area contributed by atoms with Gasteiger partial charge in [0, 0.05) is 27.1 Å². The highest BCUT2D eigenvalue weighted by atomic mass is 79.9. The van der Waals surface area contributed by atoms with Gasteiger partial charge in [0.2, 0.25) is 0 Å². The number of hydrogen-bond donors (Lipinski definition) is 2. The second kappa shape index (κ2) is 6.58. The fourth-order valence-corrected chi connectivity index (χ4v) is 3.89. The molecule has 1 aliphatic heterocycles. The Morgan fingerprint density at radius 2 is 2.00 bits per heavy atom. The smallest absolute Gasteiger partial charge is 0.251 e. The number of halogens is 2. The van der Waals surface area contributed by atoms with Crippen molar-refractivity contribution in [2.75, 3.05) is 13.1 Å². The summed E-state index contributed by atoms with van der Waals surface area (Å²) in [4.78, 5) is 12.2. The molecule has 0 saturated carbocycles. The first-order valence-electron chi connectivity index (χ1n) is 6.86. The summed E-state index contributed by atoms with van der Waals surface area (Å²) in [5.41, 5.74) is 0.892. The molecule has 0 aliphatic carbocycles. The zero-order valence-electron chi connectivity index (χ0n) is 11.8. The van der Waals surface area contributed by atoms with Crippen molar-refractivity contribution < 1.29 is 4.79 Å². The molecular formula is C15H20Br2N2O. The molecule has 110 valence electrons. The first-order valence-corrected chi connectivity index (χ1v) is 8.45. The molecule has 1 heterocycles. The Labute approximate surface area is 137 Å². The molecule has 2 N–H and O–H groups in total. The molecule has 3 nitrogen and oxygen atoms in total. The number of piperidine rings is 1. The Balaban J connectivity index is 1.98. The molecule has 1 atom stereocenters. The van der Waals surface area contributed by atoms with Crippen LogP contribution in [0.15, 0.2) is 27.1 Å². The van der Waals surface area contributed by atoms with Crippen molar-refractivity contribution in [3.8, 4) is 0 Å². The van der Waals surface area contributed by atoms with Crippen molar-refractivity contribution in [2.24, 2.45) is 5.41 Å².